The molecule has 1 aromatic carbocycles. The number of ketones is 1. The van der Waals surface area contributed by atoms with Crippen LogP contribution in [0.1, 0.15) is 41.6 Å². The van der Waals surface area contributed by atoms with Crippen LogP contribution < -0.4 is 0 Å². The monoisotopic (exact) mass is 279 g/mol. The Hall–Kier alpha value is -1.29. The first-order chi connectivity index (χ1) is 9.47. The standard InChI is InChI=1S/C16H19F2NO/c1-9-5-13(15(18)8-14(9)17)16(20)10-6-11-3-4-12(7-10)19(11)2/h5,8,10-12H,3-4,6-7H2,1-2H3. The Labute approximate surface area is 117 Å². The Morgan fingerprint density at radius 1 is 1.15 bits per heavy atom. The van der Waals surface area contributed by atoms with Crippen molar-refractivity contribution in [1.29, 1.82) is 0 Å². The number of hydrogen-bond acceptors (Lipinski definition) is 2. The van der Waals surface area contributed by atoms with Crippen molar-refractivity contribution in [2.75, 3.05) is 7.05 Å². The van der Waals surface area contributed by atoms with Crippen molar-refractivity contribution in [3.8, 4) is 0 Å². The van der Waals surface area contributed by atoms with Crippen molar-refractivity contribution in [1.82, 2.24) is 4.90 Å². The number of aryl methyl sites for hydroxylation is 1. The number of Topliss-reactive ketones (excluding diaryl/α,β-unsaturated/α-hetero) is 1. The van der Waals surface area contributed by atoms with E-state index in [0.29, 0.717) is 17.6 Å². The van der Waals surface area contributed by atoms with Gasteiger partial charge in [0.2, 0.25) is 0 Å². The first-order valence-corrected chi connectivity index (χ1v) is 7.19. The fourth-order valence-corrected chi connectivity index (χ4v) is 3.69. The van der Waals surface area contributed by atoms with Crippen LogP contribution in [0, 0.1) is 24.5 Å². The number of halogens is 2. The Morgan fingerprint density at radius 3 is 2.35 bits per heavy atom. The molecule has 2 atom stereocenters. The molecule has 2 aliphatic heterocycles. The predicted molar refractivity (Wildman–Crippen MR) is 72.7 cm³/mol. The summed E-state index contributed by atoms with van der Waals surface area (Å²) in [5, 5.41) is 0. The molecule has 2 heterocycles. The van der Waals surface area contributed by atoms with Crippen molar-refractivity contribution in [2.45, 2.75) is 44.7 Å². The molecular formula is C16H19F2NO. The summed E-state index contributed by atoms with van der Waals surface area (Å²) >= 11 is 0. The molecule has 2 bridgehead atoms. The minimum Gasteiger partial charge on any atom is -0.300 e. The number of benzene rings is 1. The maximum Gasteiger partial charge on any atom is 0.169 e. The Balaban J connectivity index is 1.85. The molecule has 2 fully saturated rings. The lowest BCUT2D eigenvalue weighted by molar-refractivity contribution is 0.0763. The van der Waals surface area contributed by atoms with Crippen LogP contribution in [0.2, 0.25) is 0 Å². The SMILES string of the molecule is Cc1cc(C(=O)C2CC3CCC(C2)N3C)c(F)cc1F. The molecule has 0 radical (unpaired) electrons. The summed E-state index contributed by atoms with van der Waals surface area (Å²) in [5.74, 6) is -1.61. The third-order valence-electron chi connectivity index (χ3n) is 4.98. The van der Waals surface area contributed by atoms with Gasteiger partial charge in [-0.25, -0.2) is 8.78 Å². The average molecular weight is 279 g/mol. The van der Waals surface area contributed by atoms with Gasteiger partial charge in [0.1, 0.15) is 11.6 Å². The van der Waals surface area contributed by atoms with Gasteiger partial charge in [0.05, 0.1) is 5.56 Å². The van der Waals surface area contributed by atoms with Crippen LogP contribution >= 0.6 is 0 Å². The topological polar surface area (TPSA) is 20.3 Å². The van der Waals surface area contributed by atoms with Crippen LogP contribution in [0.5, 0.6) is 0 Å². The zero-order valence-electron chi connectivity index (χ0n) is 11.8. The van der Waals surface area contributed by atoms with Gasteiger partial charge in [-0.05, 0) is 51.3 Å². The Morgan fingerprint density at radius 2 is 1.75 bits per heavy atom. The van der Waals surface area contributed by atoms with Crippen LogP contribution in [0.25, 0.3) is 0 Å². The molecule has 20 heavy (non-hydrogen) atoms. The van der Waals surface area contributed by atoms with Crippen molar-refractivity contribution in [2.24, 2.45) is 5.92 Å². The Kier molecular flexibility index (Phi) is 3.36. The van der Waals surface area contributed by atoms with Gasteiger partial charge in [0.25, 0.3) is 0 Å². The van der Waals surface area contributed by atoms with Crippen LogP contribution in [0.3, 0.4) is 0 Å². The molecule has 2 aliphatic rings. The summed E-state index contributed by atoms with van der Waals surface area (Å²) in [4.78, 5) is 14.9. The predicted octanol–water partition coefficient (Wildman–Crippen LogP) is 3.33. The largest absolute Gasteiger partial charge is 0.300 e. The highest BCUT2D eigenvalue weighted by molar-refractivity contribution is 5.98. The lowest BCUT2D eigenvalue weighted by atomic mass is 9.84. The minimum absolute atomic E-state index is 0.0536. The van der Waals surface area contributed by atoms with E-state index in [4.69, 9.17) is 0 Å². The van der Waals surface area contributed by atoms with Crippen LogP contribution in [-0.4, -0.2) is 29.8 Å². The number of piperidine rings is 1. The zero-order valence-corrected chi connectivity index (χ0v) is 11.8. The van der Waals surface area contributed by atoms with E-state index in [0.717, 1.165) is 31.7 Å². The number of carbonyl (C=O) groups is 1. The molecule has 108 valence electrons. The molecule has 2 saturated heterocycles. The molecule has 0 aromatic heterocycles. The number of fused-ring (bicyclic) bond motifs is 2. The molecule has 0 N–H and O–H groups in total. The molecule has 3 rings (SSSR count). The molecule has 0 spiro atoms. The molecule has 1 aromatic rings. The molecule has 0 saturated carbocycles. The highest BCUT2D eigenvalue weighted by atomic mass is 19.1. The maximum atomic E-state index is 13.9. The van der Waals surface area contributed by atoms with Crippen LogP contribution in [0.15, 0.2) is 12.1 Å². The third kappa shape index (κ3) is 2.16. The van der Waals surface area contributed by atoms with Crippen LogP contribution in [-0.2, 0) is 0 Å². The van der Waals surface area contributed by atoms with Crippen molar-refractivity contribution in [3.63, 3.8) is 0 Å². The van der Waals surface area contributed by atoms with Crippen molar-refractivity contribution in [3.05, 3.63) is 34.9 Å². The summed E-state index contributed by atoms with van der Waals surface area (Å²) < 4.78 is 27.1. The van der Waals surface area contributed by atoms with Gasteiger partial charge >= 0.3 is 0 Å². The van der Waals surface area contributed by atoms with E-state index in [1.54, 1.807) is 6.92 Å². The smallest absolute Gasteiger partial charge is 0.169 e. The van der Waals surface area contributed by atoms with Gasteiger partial charge < -0.3 is 4.90 Å². The van der Waals surface area contributed by atoms with Gasteiger partial charge in [0, 0.05) is 24.1 Å². The summed E-state index contributed by atoms with van der Waals surface area (Å²) in [6.45, 7) is 1.56. The summed E-state index contributed by atoms with van der Waals surface area (Å²) in [6.07, 6.45) is 3.83. The normalized spacial score (nSPS) is 29.7. The first-order valence-electron chi connectivity index (χ1n) is 7.19. The lowest BCUT2D eigenvalue weighted by Gasteiger charge is -2.35. The van der Waals surface area contributed by atoms with E-state index in [9.17, 15) is 13.6 Å². The fourth-order valence-electron chi connectivity index (χ4n) is 3.69. The third-order valence-corrected chi connectivity index (χ3v) is 4.98. The second-order valence-electron chi connectivity index (χ2n) is 6.16. The van der Waals surface area contributed by atoms with Gasteiger partial charge in [0.15, 0.2) is 5.78 Å². The lowest BCUT2D eigenvalue weighted by Crippen LogP contribution is -2.42. The van der Waals surface area contributed by atoms with Gasteiger partial charge in [-0.15, -0.1) is 0 Å². The molecular weight excluding hydrogens is 260 g/mol. The fraction of sp³-hybridized carbons (Fsp3) is 0.562. The summed E-state index contributed by atoms with van der Waals surface area (Å²) in [6, 6.07) is 3.05. The molecule has 2 unspecified atom stereocenters. The van der Waals surface area contributed by atoms with E-state index in [1.807, 2.05) is 0 Å². The van der Waals surface area contributed by atoms with Gasteiger partial charge in [-0.2, -0.15) is 0 Å². The molecule has 0 amide bonds. The van der Waals surface area contributed by atoms with E-state index in [-0.39, 0.29) is 17.3 Å². The van der Waals surface area contributed by atoms with Gasteiger partial charge in [-0.1, -0.05) is 0 Å². The molecule has 2 nitrogen and oxygen atoms in total. The highest BCUT2D eigenvalue weighted by Crippen LogP contribution is 2.39. The Bertz CT molecular complexity index is 544. The van der Waals surface area contributed by atoms with E-state index in [2.05, 4.69) is 11.9 Å². The minimum atomic E-state index is -0.732. The van der Waals surface area contributed by atoms with Crippen LogP contribution in [0.4, 0.5) is 8.78 Å². The number of carbonyl (C=O) groups excluding carboxylic acids is 1. The maximum absolute atomic E-state index is 13.9. The highest BCUT2D eigenvalue weighted by Gasteiger charge is 2.41. The zero-order chi connectivity index (χ0) is 14.4. The summed E-state index contributed by atoms with van der Waals surface area (Å²) in [5.41, 5.74) is 0.378. The average Bonchev–Trinajstić information content (AvgIpc) is 2.65. The molecule has 0 aliphatic carbocycles. The number of hydrogen-bond donors (Lipinski definition) is 0. The second kappa shape index (κ2) is 4.92. The summed E-state index contributed by atoms with van der Waals surface area (Å²) in [7, 11) is 2.10. The molecule has 4 heteroatoms. The van der Waals surface area contributed by atoms with Gasteiger partial charge in [-0.3, -0.25) is 4.79 Å². The quantitative estimate of drug-likeness (QED) is 0.774. The number of nitrogens with zero attached hydrogens (tertiary/aromatic N) is 1. The first kappa shape index (κ1) is 13.7. The number of rotatable bonds is 2. The second-order valence-corrected chi connectivity index (χ2v) is 6.16. The van der Waals surface area contributed by atoms with E-state index < -0.39 is 11.6 Å². The van der Waals surface area contributed by atoms with Crippen molar-refractivity contribution >= 4 is 5.78 Å². The van der Waals surface area contributed by atoms with E-state index >= 15 is 0 Å². The van der Waals surface area contributed by atoms with Crippen molar-refractivity contribution < 1.29 is 13.6 Å². The van der Waals surface area contributed by atoms with E-state index in [1.165, 1.54) is 6.07 Å².